The number of para-hydroxylation sites is 1. The van der Waals surface area contributed by atoms with Gasteiger partial charge in [-0.25, -0.2) is 0 Å². The minimum atomic E-state index is -0.730. The molecule has 1 aliphatic rings. The van der Waals surface area contributed by atoms with Crippen molar-refractivity contribution in [2.75, 3.05) is 6.61 Å². The maximum absolute atomic E-state index is 13.7. The fourth-order valence-corrected chi connectivity index (χ4v) is 4.90. The van der Waals surface area contributed by atoms with Gasteiger partial charge in [0.1, 0.15) is 11.8 Å². The average molecular weight is 525 g/mol. The number of hydrogen-bond donors (Lipinski definition) is 1. The molecule has 0 unspecified atom stereocenters. The fraction of sp³-hybridized carbons (Fsp3) is 0.310. The van der Waals surface area contributed by atoms with E-state index in [1.807, 2.05) is 48.5 Å². The van der Waals surface area contributed by atoms with E-state index < -0.39 is 6.04 Å². The molecule has 0 spiro atoms. The minimum Gasteiger partial charge on any atom is -0.482 e. The second-order valence-electron chi connectivity index (χ2n) is 9.03. The third-order valence-corrected chi connectivity index (χ3v) is 7.14. The van der Waals surface area contributed by atoms with Gasteiger partial charge in [-0.3, -0.25) is 9.59 Å². The lowest BCUT2D eigenvalue weighted by Gasteiger charge is -2.32. The zero-order valence-electron chi connectivity index (χ0n) is 20.0. The van der Waals surface area contributed by atoms with E-state index in [2.05, 4.69) is 5.32 Å². The Kier molecular flexibility index (Phi) is 9.26. The smallest absolute Gasteiger partial charge is 0.261 e. The highest BCUT2D eigenvalue weighted by Gasteiger charge is 2.32. The van der Waals surface area contributed by atoms with E-state index in [0.29, 0.717) is 22.2 Å². The summed E-state index contributed by atoms with van der Waals surface area (Å²) in [6.07, 6.45) is 4.49. The van der Waals surface area contributed by atoms with Crippen LogP contribution in [0.3, 0.4) is 0 Å². The van der Waals surface area contributed by atoms with Crippen molar-refractivity contribution >= 4 is 35.0 Å². The van der Waals surface area contributed by atoms with Crippen molar-refractivity contribution in [3.05, 3.63) is 100 Å². The summed E-state index contributed by atoms with van der Waals surface area (Å²) in [5.74, 6) is -0.0681. The molecule has 1 atom stereocenters. The fourth-order valence-electron chi connectivity index (χ4n) is 4.52. The van der Waals surface area contributed by atoms with E-state index in [1.54, 1.807) is 35.2 Å². The number of carbonyl (C=O) groups is 2. The summed E-state index contributed by atoms with van der Waals surface area (Å²) in [7, 11) is 0. The number of amides is 2. The molecule has 1 aliphatic carbocycles. The molecule has 1 fully saturated rings. The first-order valence-corrected chi connectivity index (χ1v) is 13.0. The maximum Gasteiger partial charge on any atom is 0.261 e. The van der Waals surface area contributed by atoms with Gasteiger partial charge in [-0.05, 0) is 42.2 Å². The molecule has 3 aromatic carbocycles. The second kappa shape index (κ2) is 12.8. The van der Waals surface area contributed by atoms with Gasteiger partial charge in [-0.1, -0.05) is 96.7 Å². The van der Waals surface area contributed by atoms with E-state index >= 15 is 0 Å². The van der Waals surface area contributed by atoms with Crippen molar-refractivity contribution < 1.29 is 14.3 Å². The van der Waals surface area contributed by atoms with Crippen LogP contribution in [0.1, 0.15) is 36.8 Å². The van der Waals surface area contributed by atoms with Crippen molar-refractivity contribution in [1.29, 1.82) is 0 Å². The molecule has 3 aromatic rings. The zero-order chi connectivity index (χ0) is 25.3. The van der Waals surface area contributed by atoms with Gasteiger partial charge in [-0.2, -0.15) is 0 Å². The molecule has 0 aliphatic heterocycles. The van der Waals surface area contributed by atoms with Crippen molar-refractivity contribution in [3.63, 3.8) is 0 Å². The molecule has 0 aromatic heterocycles. The van der Waals surface area contributed by atoms with Crippen LogP contribution < -0.4 is 10.1 Å². The molecule has 0 bridgehead atoms. The number of benzene rings is 3. The van der Waals surface area contributed by atoms with E-state index in [-0.39, 0.29) is 31.0 Å². The van der Waals surface area contributed by atoms with Gasteiger partial charge in [0, 0.05) is 24.0 Å². The maximum atomic E-state index is 13.7. The number of rotatable bonds is 10. The normalized spacial score (nSPS) is 14.3. The lowest BCUT2D eigenvalue weighted by Crippen LogP contribution is -2.53. The molecule has 7 heteroatoms. The van der Waals surface area contributed by atoms with Crippen molar-refractivity contribution in [3.8, 4) is 5.75 Å². The van der Waals surface area contributed by atoms with Gasteiger partial charge in [-0.15, -0.1) is 0 Å². The molecular formula is C29H30Cl2N2O3. The molecule has 1 N–H and O–H groups in total. The van der Waals surface area contributed by atoms with Crippen LogP contribution in [0.15, 0.2) is 78.9 Å². The molecule has 2 amide bonds. The summed E-state index contributed by atoms with van der Waals surface area (Å²) in [5.41, 5.74) is 1.73. The summed E-state index contributed by atoms with van der Waals surface area (Å²) in [6, 6.07) is 23.5. The van der Waals surface area contributed by atoms with Crippen LogP contribution in [0.2, 0.25) is 10.0 Å². The van der Waals surface area contributed by atoms with Crippen LogP contribution in [0.5, 0.6) is 5.75 Å². The van der Waals surface area contributed by atoms with E-state index in [1.165, 1.54) is 0 Å². The van der Waals surface area contributed by atoms with Crippen LogP contribution in [0.25, 0.3) is 0 Å². The highest BCUT2D eigenvalue weighted by atomic mass is 35.5. The monoisotopic (exact) mass is 524 g/mol. The molecule has 5 nitrogen and oxygen atoms in total. The summed E-state index contributed by atoms with van der Waals surface area (Å²) < 4.78 is 5.77. The second-order valence-corrected chi connectivity index (χ2v) is 9.84. The molecule has 1 saturated carbocycles. The predicted molar refractivity (Wildman–Crippen MR) is 143 cm³/mol. The first-order valence-electron chi connectivity index (χ1n) is 12.3. The number of nitrogens with one attached hydrogen (secondary N) is 1. The Labute approximate surface area is 222 Å². The Morgan fingerprint density at radius 2 is 1.53 bits per heavy atom. The zero-order valence-corrected chi connectivity index (χ0v) is 21.5. The highest BCUT2D eigenvalue weighted by molar-refractivity contribution is 6.32. The van der Waals surface area contributed by atoms with Gasteiger partial charge in [0.2, 0.25) is 5.91 Å². The van der Waals surface area contributed by atoms with Crippen LogP contribution in [-0.2, 0) is 22.6 Å². The third-order valence-electron chi connectivity index (χ3n) is 6.46. The van der Waals surface area contributed by atoms with Gasteiger partial charge >= 0.3 is 0 Å². The Bertz CT molecular complexity index is 1170. The minimum absolute atomic E-state index is 0.132. The number of nitrogens with zero attached hydrogens (tertiary/aromatic N) is 1. The number of ether oxygens (including phenoxy) is 1. The molecule has 36 heavy (non-hydrogen) atoms. The standard InChI is InChI=1S/C29H30Cl2N2O3/c30-24-15-7-4-12-22(24)19-33(28(34)20-36-27-17-9-8-16-25(27)31)26(18-21-10-2-1-3-11-21)29(35)32-23-13-5-6-14-23/h1-4,7-12,15-17,23,26H,5-6,13-14,18-20H2,(H,32,35)/t26-/m1/s1. The summed E-state index contributed by atoms with van der Waals surface area (Å²) in [4.78, 5) is 28.9. The van der Waals surface area contributed by atoms with Crippen molar-refractivity contribution in [2.24, 2.45) is 0 Å². The molecule has 0 heterocycles. The summed E-state index contributed by atoms with van der Waals surface area (Å²) >= 11 is 12.7. The van der Waals surface area contributed by atoms with Gasteiger partial charge in [0.15, 0.2) is 6.61 Å². The molecule has 188 valence electrons. The first kappa shape index (κ1) is 26.1. The molecule has 0 radical (unpaired) electrons. The lowest BCUT2D eigenvalue weighted by molar-refractivity contribution is -0.143. The van der Waals surface area contributed by atoms with Crippen LogP contribution in [0.4, 0.5) is 0 Å². The van der Waals surface area contributed by atoms with E-state index in [4.69, 9.17) is 27.9 Å². The SMILES string of the molecule is O=C(NC1CCCC1)[C@@H](Cc1ccccc1)N(Cc1ccccc1Cl)C(=O)COc1ccccc1Cl. The van der Waals surface area contributed by atoms with Gasteiger partial charge < -0.3 is 15.0 Å². The largest absolute Gasteiger partial charge is 0.482 e. The molecule has 0 saturated heterocycles. The Morgan fingerprint density at radius 3 is 2.22 bits per heavy atom. The van der Waals surface area contributed by atoms with Crippen LogP contribution in [-0.4, -0.2) is 35.4 Å². The lowest BCUT2D eigenvalue weighted by atomic mass is 10.0. The van der Waals surface area contributed by atoms with Gasteiger partial charge in [0.05, 0.1) is 5.02 Å². The van der Waals surface area contributed by atoms with Gasteiger partial charge in [0.25, 0.3) is 5.91 Å². The van der Waals surface area contributed by atoms with E-state index in [0.717, 1.165) is 36.8 Å². The van der Waals surface area contributed by atoms with Crippen LogP contribution >= 0.6 is 23.2 Å². The van der Waals surface area contributed by atoms with Crippen molar-refractivity contribution in [2.45, 2.75) is 50.7 Å². The molecule has 4 rings (SSSR count). The molecular weight excluding hydrogens is 495 g/mol. The summed E-state index contributed by atoms with van der Waals surface area (Å²) in [6.45, 7) is -0.0733. The Balaban J connectivity index is 1.63. The Hall–Kier alpha value is -3.02. The highest BCUT2D eigenvalue weighted by Crippen LogP contribution is 2.25. The quantitative estimate of drug-likeness (QED) is 0.350. The number of carbonyl (C=O) groups excluding carboxylic acids is 2. The van der Waals surface area contributed by atoms with Crippen molar-refractivity contribution in [1.82, 2.24) is 10.2 Å². The summed E-state index contributed by atoms with van der Waals surface area (Å²) in [5, 5.41) is 4.15. The third kappa shape index (κ3) is 7.02. The Morgan fingerprint density at radius 1 is 0.889 bits per heavy atom. The number of halogens is 2. The van der Waals surface area contributed by atoms with E-state index in [9.17, 15) is 9.59 Å². The van der Waals surface area contributed by atoms with Crippen LogP contribution in [0, 0.1) is 0 Å². The first-order chi connectivity index (χ1) is 17.5. The number of hydrogen-bond acceptors (Lipinski definition) is 3. The predicted octanol–water partition coefficient (Wildman–Crippen LogP) is 6.07. The topological polar surface area (TPSA) is 58.6 Å². The average Bonchev–Trinajstić information content (AvgIpc) is 3.40.